The molecule has 1 saturated heterocycles. The number of carboxylic acids is 1. The van der Waals surface area contributed by atoms with E-state index >= 15 is 0 Å². The van der Waals surface area contributed by atoms with Crippen LogP contribution in [-0.4, -0.2) is 34.0 Å². The van der Waals surface area contributed by atoms with Crippen LogP contribution in [0.5, 0.6) is 0 Å². The number of likely N-dealkylation sites (tertiary alicyclic amines) is 1. The van der Waals surface area contributed by atoms with Crippen molar-refractivity contribution in [1.82, 2.24) is 9.88 Å². The van der Waals surface area contributed by atoms with E-state index in [1.54, 1.807) is 6.20 Å². The number of rotatable bonds is 3. The molecular weight excluding hydrogens is 216 g/mol. The molecule has 1 fully saturated rings. The van der Waals surface area contributed by atoms with Crippen molar-refractivity contribution in [3.8, 4) is 0 Å². The molecule has 0 radical (unpaired) electrons. The van der Waals surface area contributed by atoms with Crippen LogP contribution in [0.4, 0.5) is 0 Å². The highest BCUT2D eigenvalue weighted by molar-refractivity contribution is 5.80. The van der Waals surface area contributed by atoms with Crippen LogP contribution < -0.4 is 0 Å². The van der Waals surface area contributed by atoms with Gasteiger partial charge in [0, 0.05) is 38.1 Å². The maximum Gasteiger partial charge on any atom is 0.328 e. The van der Waals surface area contributed by atoms with Crippen molar-refractivity contribution < 1.29 is 9.90 Å². The lowest BCUT2D eigenvalue weighted by atomic mass is 10.0. The van der Waals surface area contributed by atoms with Gasteiger partial charge in [-0.1, -0.05) is 11.6 Å². The lowest BCUT2D eigenvalue weighted by Crippen LogP contribution is -2.30. The summed E-state index contributed by atoms with van der Waals surface area (Å²) in [6.07, 6.45) is 6.70. The highest BCUT2D eigenvalue weighted by Crippen LogP contribution is 2.17. The molecule has 0 aliphatic carbocycles. The van der Waals surface area contributed by atoms with E-state index in [0.29, 0.717) is 0 Å². The normalized spacial score (nSPS) is 16.8. The molecule has 4 heteroatoms. The van der Waals surface area contributed by atoms with Gasteiger partial charge in [0.1, 0.15) is 0 Å². The molecule has 17 heavy (non-hydrogen) atoms. The average Bonchev–Trinajstić information content (AvgIpc) is 2.32. The van der Waals surface area contributed by atoms with Gasteiger partial charge in [0.05, 0.1) is 0 Å². The number of carboxylic acid groups (broad SMARTS) is 1. The van der Waals surface area contributed by atoms with E-state index in [0.717, 1.165) is 38.0 Å². The van der Waals surface area contributed by atoms with Gasteiger partial charge in [-0.25, -0.2) is 4.79 Å². The van der Waals surface area contributed by atoms with Crippen LogP contribution >= 0.6 is 0 Å². The Morgan fingerprint density at radius 3 is 2.82 bits per heavy atom. The molecule has 2 heterocycles. The minimum absolute atomic E-state index is 0.833. The first-order valence-corrected chi connectivity index (χ1v) is 5.77. The lowest BCUT2D eigenvalue weighted by molar-refractivity contribution is -0.131. The Bertz CT molecular complexity index is 405. The molecular formula is C13H16N2O2. The molecule has 0 bridgehead atoms. The summed E-state index contributed by atoms with van der Waals surface area (Å²) in [5.74, 6) is -0.833. The molecule has 1 aromatic heterocycles. The summed E-state index contributed by atoms with van der Waals surface area (Å²) in [6, 6.07) is 4.00. The van der Waals surface area contributed by atoms with Crippen molar-refractivity contribution in [2.24, 2.45) is 0 Å². The number of aromatic nitrogens is 1. The van der Waals surface area contributed by atoms with Crippen LogP contribution in [0, 0.1) is 0 Å². The molecule has 1 aromatic rings. The predicted molar refractivity (Wildman–Crippen MR) is 64.5 cm³/mol. The topological polar surface area (TPSA) is 53.4 Å². The van der Waals surface area contributed by atoms with E-state index in [-0.39, 0.29) is 0 Å². The van der Waals surface area contributed by atoms with E-state index in [9.17, 15) is 4.79 Å². The van der Waals surface area contributed by atoms with Crippen molar-refractivity contribution >= 4 is 5.97 Å². The maximum atomic E-state index is 10.5. The Morgan fingerprint density at radius 1 is 1.47 bits per heavy atom. The summed E-state index contributed by atoms with van der Waals surface area (Å²) in [6.45, 7) is 2.75. The monoisotopic (exact) mass is 232 g/mol. The van der Waals surface area contributed by atoms with Gasteiger partial charge in [0.25, 0.3) is 0 Å². The number of hydrogen-bond donors (Lipinski definition) is 1. The van der Waals surface area contributed by atoms with Crippen LogP contribution in [0.1, 0.15) is 18.4 Å². The highest BCUT2D eigenvalue weighted by Gasteiger charge is 2.14. The van der Waals surface area contributed by atoms with E-state index in [1.165, 1.54) is 11.6 Å². The van der Waals surface area contributed by atoms with Crippen LogP contribution in [0.3, 0.4) is 0 Å². The number of hydrogen-bond acceptors (Lipinski definition) is 3. The second kappa shape index (κ2) is 5.59. The van der Waals surface area contributed by atoms with Crippen LogP contribution in [0.15, 0.2) is 36.2 Å². The first kappa shape index (κ1) is 11.8. The first-order valence-electron chi connectivity index (χ1n) is 5.77. The van der Waals surface area contributed by atoms with Crippen molar-refractivity contribution in [1.29, 1.82) is 0 Å². The fraction of sp³-hybridized carbons (Fsp3) is 0.385. The molecule has 1 aliphatic heterocycles. The molecule has 90 valence electrons. The summed E-state index contributed by atoms with van der Waals surface area (Å²) in [4.78, 5) is 17.0. The molecule has 0 unspecified atom stereocenters. The van der Waals surface area contributed by atoms with E-state index in [4.69, 9.17) is 5.11 Å². The molecule has 0 amide bonds. The number of carbonyl (C=O) groups is 1. The second-order valence-electron chi connectivity index (χ2n) is 4.28. The largest absolute Gasteiger partial charge is 0.478 e. The second-order valence-corrected chi connectivity index (χ2v) is 4.28. The van der Waals surface area contributed by atoms with Crippen molar-refractivity contribution in [3.63, 3.8) is 0 Å². The molecule has 0 saturated carbocycles. The van der Waals surface area contributed by atoms with Gasteiger partial charge in [-0.2, -0.15) is 0 Å². The third kappa shape index (κ3) is 3.67. The fourth-order valence-electron chi connectivity index (χ4n) is 2.07. The smallest absolute Gasteiger partial charge is 0.328 e. The predicted octanol–water partition coefficient (Wildman–Crippen LogP) is 1.69. The zero-order valence-corrected chi connectivity index (χ0v) is 9.67. The van der Waals surface area contributed by atoms with Gasteiger partial charge >= 0.3 is 5.97 Å². The van der Waals surface area contributed by atoms with Gasteiger partial charge in [-0.15, -0.1) is 0 Å². The first-order chi connectivity index (χ1) is 8.24. The van der Waals surface area contributed by atoms with Crippen molar-refractivity contribution in [2.75, 3.05) is 13.1 Å². The number of aliphatic carboxylic acids is 1. The van der Waals surface area contributed by atoms with Gasteiger partial charge in [0.15, 0.2) is 0 Å². The van der Waals surface area contributed by atoms with Crippen molar-refractivity contribution in [3.05, 3.63) is 41.7 Å². The Morgan fingerprint density at radius 2 is 2.24 bits per heavy atom. The average molecular weight is 232 g/mol. The van der Waals surface area contributed by atoms with Crippen LogP contribution in [0.25, 0.3) is 0 Å². The number of piperidine rings is 1. The SMILES string of the molecule is O=C(O)C=C1CCN(Cc2cccnc2)CC1. The zero-order chi connectivity index (χ0) is 12.1. The summed E-state index contributed by atoms with van der Waals surface area (Å²) >= 11 is 0. The summed E-state index contributed by atoms with van der Waals surface area (Å²) in [5.41, 5.74) is 2.25. The molecule has 1 aliphatic rings. The van der Waals surface area contributed by atoms with Crippen LogP contribution in [0.2, 0.25) is 0 Å². The minimum Gasteiger partial charge on any atom is -0.478 e. The Hall–Kier alpha value is -1.68. The van der Waals surface area contributed by atoms with E-state index in [1.807, 2.05) is 12.3 Å². The van der Waals surface area contributed by atoms with E-state index < -0.39 is 5.97 Å². The summed E-state index contributed by atoms with van der Waals surface area (Å²) < 4.78 is 0. The third-order valence-corrected chi connectivity index (χ3v) is 2.95. The quantitative estimate of drug-likeness (QED) is 0.806. The van der Waals surface area contributed by atoms with Gasteiger partial charge < -0.3 is 5.11 Å². The minimum atomic E-state index is -0.833. The Kier molecular flexibility index (Phi) is 3.88. The summed E-state index contributed by atoms with van der Waals surface area (Å²) in [7, 11) is 0. The van der Waals surface area contributed by atoms with Gasteiger partial charge in [-0.3, -0.25) is 9.88 Å². The lowest BCUT2D eigenvalue weighted by Gasteiger charge is -2.27. The molecule has 0 atom stereocenters. The Balaban J connectivity index is 1.86. The van der Waals surface area contributed by atoms with Gasteiger partial charge in [-0.05, 0) is 24.5 Å². The summed E-state index contributed by atoms with van der Waals surface area (Å²) in [5, 5.41) is 8.67. The zero-order valence-electron chi connectivity index (χ0n) is 9.67. The number of pyridine rings is 1. The third-order valence-electron chi connectivity index (χ3n) is 2.95. The van der Waals surface area contributed by atoms with Crippen LogP contribution in [-0.2, 0) is 11.3 Å². The molecule has 0 spiro atoms. The maximum absolute atomic E-state index is 10.5. The van der Waals surface area contributed by atoms with Gasteiger partial charge in [0.2, 0.25) is 0 Å². The number of nitrogens with zero attached hydrogens (tertiary/aromatic N) is 2. The molecule has 1 N–H and O–H groups in total. The highest BCUT2D eigenvalue weighted by atomic mass is 16.4. The Labute approximate surface area is 101 Å². The van der Waals surface area contributed by atoms with Crippen molar-refractivity contribution in [2.45, 2.75) is 19.4 Å². The standard InChI is InChI=1S/C13H16N2O2/c16-13(17)8-11-3-6-15(7-4-11)10-12-2-1-5-14-9-12/h1-2,5,8-9H,3-4,6-7,10H2,(H,16,17). The fourth-order valence-corrected chi connectivity index (χ4v) is 2.07. The van der Waals surface area contributed by atoms with E-state index in [2.05, 4.69) is 16.0 Å². The molecule has 2 rings (SSSR count). The molecule has 4 nitrogen and oxygen atoms in total. The molecule has 0 aromatic carbocycles.